The summed E-state index contributed by atoms with van der Waals surface area (Å²) in [6.07, 6.45) is 3.34. The van der Waals surface area contributed by atoms with Gasteiger partial charge in [-0.2, -0.15) is 0 Å². The maximum atomic E-state index is 8.88. The fourth-order valence-electron chi connectivity index (χ4n) is 2.73. The van der Waals surface area contributed by atoms with Crippen molar-refractivity contribution >= 4 is 11.3 Å². The summed E-state index contributed by atoms with van der Waals surface area (Å²) in [7, 11) is 2.18. The van der Waals surface area contributed by atoms with Crippen molar-refractivity contribution in [1.82, 2.24) is 14.8 Å². The Morgan fingerprint density at radius 3 is 2.79 bits per heavy atom. The molecule has 0 aliphatic carbocycles. The van der Waals surface area contributed by atoms with Crippen LogP contribution in [0.1, 0.15) is 30.0 Å². The third kappa shape index (κ3) is 4.53. The van der Waals surface area contributed by atoms with Gasteiger partial charge in [-0.25, -0.2) is 4.98 Å². The molecule has 1 aromatic heterocycles. The number of hydrogen-bond donors (Lipinski definition) is 1. The van der Waals surface area contributed by atoms with Crippen LogP contribution in [0.3, 0.4) is 0 Å². The molecular weight excluding hydrogens is 258 g/mol. The molecule has 0 amide bonds. The summed E-state index contributed by atoms with van der Waals surface area (Å²) >= 11 is 1.74. The van der Waals surface area contributed by atoms with Crippen LogP contribution < -0.4 is 0 Å². The number of piperidine rings is 1. The summed E-state index contributed by atoms with van der Waals surface area (Å²) in [5.41, 5.74) is 1.22. The Morgan fingerprint density at radius 2 is 2.21 bits per heavy atom. The lowest BCUT2D eigenvalue weighted by molar-refractivity contribution is 0.117. The smallest absolute Gasteiger partial charge is 0.0897 e. The van der Waals surface area contributed by atoms with Crippen molar-refractivity contribution in [3.8, 4) is 0 Å². The first kappa shape index (κ1) is 14.9. The first-order valence-corrected chi connectivity index (χ1v) is 8.01. The molecule has 19 heavy (non-hydrogen) atoms. The van der Waals surface area contributed by atoms with E-state index in [4.69, 9.17) is 5.11 Å². The van der Waals surface area contributed by atoms with Crippen molar-refractivity contribution in [2.24, 2.45) is 0 Å². The minimum Gasteiger partial charge on any atom is -0.396 e. The molecule has 0 unspecified atom stereocenters. The van der Waals surface area contributed by atoms with Crippen LogP contribution in [0, 0.1) is 6.92 Å². The van der Waals surface area contributed by atoms with Gasteiger partial charge in [0.15, 0.2) is 0 Å². The predicted octanol–water partition coefficient (Wildman–Crippen LogP) is 1.73. The molecule has 4 nitrogen and oxygen atoms in total. The maximum Gasteiger partial charge on any atom is 0.0897 e. The van der Waals surface area contributed by atoms with Gasteiger partial charge in [0.25, 0.3) is 0 Å². The molecule has 108 valence electrons. The number of aliphatic hydroxyl groups excluding tert-OH is 1. The predicted molar refractivity (Wildman–Crippen MR) is 79.5 cm³/mol. The van der Waals surface area contributed by atoms with Crippen molar-refractivity contribution < 1.29 is 5.11 Å². The zero-order valence-electron chi connectivity index (χ0n) is 12.0. The average molecular weight is 283 g/mol. The standard InChI is InChI=1S/C14H25N3OS/c1-12-15-13(11-19-12)10-17-7-4-14(5-8-17)16(2)6-3-9-18/h11,14,18H,3-10H2,1-2H3. The number of aliphatic hydroxyl groups is 1. The van der Waals surface area contributed by atoms with Crippen LogP contribution in [0.4, 0.5) is 0 Å². The van der Waals surface area contributed by atoms with E-state index in [-0.39, 0.29) is 0 Å². The number of thiazole rings is 1. The van der Waals surface area contributed by atoms with E-state index in [1.807, 2.05) is 0 Å². The number of nitrogens with zero attached hydrogens (tertiary/aromatic N) is 3. The molecule has 1 fully saturated rings. The van der Waals surface area contributed by atoms with Crippen LogP contribution in [-0.2, 0) is 6.54 Å². The fourth-order valence-corrected chi connectivity index (χ4v) is 3.33. The Morgan fingerprint density at radius 1 is 1.47 bits per heavy atom. The van der Waals surface area contributed by atoms with Gasteiger partial charge in [-0.1, -0.05) is 0 Å². The SMILES string of the molecule is Cc1nc(CN2CCC(N(C)CCCO)CC2)cs1. The number of aromatic nitrogens is 1. The van der Waals surface area contributed by atoms with Gasteiger partial charge in [0.2, 0.25) is 0 Å². The monoisotopic (exact) mass is 283 g/mol. The van der Waals surface area contributed by atoms with E-state index in [0.29, 0.717) is 12.6 Å². The summed E-state index contributed by atoms with van der Waals surface area (Å²) in [6.45, 7) is 6.68. The Hall–Kier alpha value is -0.490. The van der Waals surface area contributed by atoms with Crippen LogP contribution in [-0.4, -0.2) is 59.2 Å². The van der Waals surface area contributed by atoms with E-state index < -0.39 is 0 Å². The summed E-state index contributed by atoms with van der Waals surface area (Å²) in [5.74, 6) is 0. The van der Waals surface area contributed by atoms with E-state index in [2.05, 4.69) is 34.1 Å². The van der Waals surface area contributed by atoms with Gasteiger partial charge < -0.3 is 10.0 Å². The van der Waals surface area contributed by atoms with Gasteiger partial charge in [0.05, 0.1) is 10.7 Å². The molecule has 1 aliphatic rings. The largest absolute Gasteiger partial charge is 0.396 e. The first-order valence-electron chi connectivity index (χ1n) is 7.13. The van der Waals surface area contributed by atoms with E-state index in [1.165, 1.54) is 18.5 Å². The molecule has 5 heteroatoms. The second-order valence-corrected chi connectivity index (χ2v) is 6.49. The Labute approximate surface area is 120 Å². The van der Waals surface area contributed by atoms with Crippen LogP contribution in [0.15, 0.2) is 5.38 Å². The summed E-state index contributed by atoms with van der Waals surface area (Å²) in [5, 5.41) is 12.2. The van der Waals surface area contributed by atoms with E-state index in [9.17, 15) is 0 Å². The Balaban J connectivity index is 1.73. The number of rotatable bonds is 6. The van der Waals surface area contributed by atoms with Crippen LogP contribution in [0.25, 0.3) is 0 Å². The van der Waals surface area contributed by atoms with Crippen LogP contribution in [0.5, 0.6) is 0 Å². The van der Waals surface area contributed by atoms with Crippen molar-refractivity contribution in [1.29, 1.82) is 0 Å². The minimum absolute atomic E-state index is 0.298. The van der Waals surface area contributed by atoms with Gasteiger partial charge in [-0.3, -0.25) is 4.90 Å². The molecule has 0 bridgehead atoms. The normalized spacial score (nSPS) is 18.3. The van der Waals surface area contributed by atoms with Crippen molar-refractivity contribution in [2.75, 3.05) is 33.3 Å². The molecule has 1 aromatic rings. The first-order chi connectivity index (χ1) is 9.19. The molecule has 2 rings (SSSR count). The zero-order chi connectivity index (χ0) is 13.7. The van der Waals surface area contributed by atoms with Gasteiger partial charge in [0.1, 0.15) is 0 Å². The highest BCUT2D eigenvalue weighted by Gasteiger charge is 2.22. The lowest BCUT2D eigenvalue weighted by Gasteiger charge is -2.36. The molecule has 0 atom stereocenters. The highest BCUT2D eigenvalue weighted by Crippen LogP contribution is 2.18. The van der Waals surface area contributed by atoms with E-state index in [0.717, 1.165) is 37.6 Å². The van der Waals surface area contributed by atoms with Crippen molar-refractivity contribution in [2.45, 2.75) is 38.8 Å². The third-order valence-electron chi connectivity index (χ3n) is 3.90. The Bertz CT molecular complexity index is 375. The van der Waals surface area contributed by atoms with Crippen molar-refractivity contribution in [3.63, 3.8) is 0 Å². The molecule has 0 spiro atoms. The zero-order valence-corrected chi connectivity index (χ0v) is 12.8. The maximum absolute atomic E-state index is 8.88. The van der Waals surface area contributed by atoms with E-state index >= 15 is 0 Å². The summed E-state index contributed by atoms with van der Waals surface area (Å²) < 4.78 is 0. The number of hydrogen-bond acceptors (Lipinski definition) is 5. The fraction of sp³-hybridized carbons (Fsp3) is 0.786. The molecule has 2 heterocycles. The highest BCUT2D eigenvalue weighted by molar-refractivity contribution is 7.09. The lowest BCUT2D eigenvalue weighted by Crippen LogP contribution is -2.43. The molecule has 0 aromatic carbocycles. The van der Waals surface area contributed by atoms with Gasteiger partial charge in [-0.05, 0) is 33.2 Å². The summed E-state index contributed by atoms with van der Waals surface area (Å²) in [4.78, 5) is 9.45. The second kappa shape index (κ2) is 7.33. The van der Waals surface area contributed by atoms with Gasteiger partial charge in [-0.15, -0.1) is 11.3 Å². The lowest BCUT2D eigenvalue weighted by atomic mass is 10.0. The van der Waals surface area contributed by atoms with Crippen molar-refractivity contribution in [3.05, 3.63) is 16.1 Å². The molecule has 1 aliphatic heterocycles. The molecule has 0 radical (unpaired) electrons. The molecule has 0 saturated carbocycles. The van der Waals surface area contributed by atoms with E-state index in [1.54, 1.807) is 11.3 Å². The molecule has 1 saturated heterocycles. The molecule has 1 N–H and O–H groups in total. The Kier molecular flexibility index (Phi) is 5.76. The van der Waals surface area contributed by atoms with Gasteiger partial charge >= 0.3 is 0 Å². The number of likely N-dealkylation sites (tertiary alicyclic amines) is 1. The second-order valence-electron chi connectivity index (χ2n) is 5.42. The summed E-state index contributed by atoms with van der Waals surface area (Å²) in [6, 6.07) is 0.681. The molecular formula is C14H25N3OS. The highest BCUT2D eigenvalue weighted by atomic mass is 32.1. The van der Waals surface area contributed by atoms with Crippen LogP contribution in [0.2, 0.25) is 0 Å². The quantitative estimate of drug-likeness (QED) is 0.863. The topological polar surface area (TPSA) is 39.6 Å². The van der Waals surface area contributed by atoms with Crippen LogP contribution >= 0.6 is 11.3 Å². The minimum atomic E-state index is 0.298. The third-order valence-corrected chi connectivity index (χ3v) is 4.72. The number of aryl methyl sites for hydroxylation is 1. The van der Waals surface area contributed by atoms with Gasteiger partial charge in [0, 0.05) is 44.2 Å². The average Bonchev–Trinajstić information content (AvgIpc) is 2.82.